The van der Waals surface area contributed by atoms with Crippen molar-refractivity contribution in [2.45, 2.75) is 12.1 Å². The molecule has 11 heteroatoms. The number of aromatic amines is 1. The lowest BCUT2D eigenvalue weighted by molar-refractivity contribution is -0.120. The second-order valence-corrected chi connectivity index (χ2v) is 7.67. The van der Waals surface area contributed by atoms with Gasteiger partial charge in [-0.25, -0.2) is 14.8 Å². The van der Waals surface area contributed by atoms with Gasteiger partial charge in [-0.1, -0.05) is 23.9 Å². The van der Waals surface area contributed by atoms with Crippen LogP contribution < -0.4 is 15.8 Å². The lowest BCUT2D eigenvalue weighted by Gasteiger charge is -2.28. The minimum Gasteiger partial charge on any atom is -0.465 e. The van der Waals surface area contributed by atoms with Gasteiger partial charge in [0.2, 0.25) is 11.8 Å². The first-order valence-electron chi connectivity index (χ1n) is 9.19. The molecule has 0 saturated carbocycles. The molecule has 0 unspecified atom stereocenters. The number of benzene rings is 1. The Morgan fingerprint density at radius 1 is 1.23 bits per heavy atom. The van der Waals surface area contributed by atoms with E-state index in [1.807, 2.05) is 0 Å². The molecular formula is C20H17N5O5S. The van der Waals surface area contributed by atoms with Crippen molar-refractivity contribution in [1.29, 1.82) is 0 Å². The Balaban J connectivity index is 1.60. The molecule has 158 valence electrons. The van der Waals surface area contributed by atoms with E-state index in [4.69, 9.17) is 4.74 Å². The van der Waals surface area contributed by atoms with E-state index >= 15 is 0 Å². The van der Waals surface area contributed by atoms with E-state index in [0.717, 1.165) is 11.8 Å². The summed E-state index contributed by atoms with van der Waals surface area (Å²) >= 11 is 1.01. The predicted molar refractivity (Wildman–Crippen MR) is 114 cm³/mol. The molecule has 0 aliphatic carbocycles. The van der Waals surface area contributed by atoms with Crippen LogP contribution in [0, 0.1) is 6.92 Å². The Morgan fingerprint density at radius 2 is 2.00 bits per heavy atom. The summed E-state index contributed by atoms with van der Waals surface area (Å²) in [6.07, 6.45) is 0. The summed E-state index contributed by atoms with van der Waals surface area (Å²) in [5, 5.41) is 2.92. The average Bonchev–Trinajstić information content (AvgIpc) is 2.75. The smallest absolute Gasteiger partial charge is 0.338 e. The summed E-state index contributed by atoms with van der Waals surface area (Å²) in [6.45, 7) is 1.57. The molecule has 2 N–H and O–H groups in total. The second kappa shape index (κ2) is 8.19. The zero-order valence-corrected chi connectivity index (χ0v) is 17.4. The number of ether oxygens (including phenoxy) is 1. The van der Waals surface area contributed by atoms with Crippen LogP contribution in [0.25, 0.3) is 11.0 Å². The van der Waals surface area contributed by atoms with Gasteiger partial charge in [-0.2, -0.15) is 0 Å². The van der Waals surface area contributed by atoms with Crippen LogP contribution in [0.4, 0.5) is 11.4 Å². The Labute approximate surface area is 180 Å². The van der Waals surface area contributed by atoms with E-state index in [2.05, 4.69) is 20.3 Å². The number of carbonyl (C=O) groups is 3. The number of nitrogens with one attached hydrogen (secondary N) is 2. The van der Waals surface area contributed by atoms with Gasteiger partial charge in [0, 0.05) is 5.69 Å². The van der Waals surface area contributed by atoms with Crippen LogP contribution in [-0.4, -0.2) is 52.1 Å². The molecule has 0 atom stereocenters. The normalized spacial score (nSPS) is 13.0. The number of anilines is 2. The molecule has 0 spiro atoms. The minimum atomic E-state index is -0.666. The molecule has 0 radical (unpaired) electrons. The standard InChI is InChI=1S/C20H17N5O5S/c1-10-7-11(19(29)30-2)16-17(21-10)23-20(24-18(16)28)31-9-15(27)25-8-14(26)22-12-5-3-4-6-13(12)25/h3-7H,8-9H2,1-2H3,(H,22,26)(H,21,23,24,28). The Kier molecular flexibility index (Phi) is 5.42. The van der Waals surface area contributed by atoms with E-state index in [1.165, 1.54) is 18.1 Å². The van der Waals surface area contributed by atoms with E-state index in [9.17, 15) is 19.2 Å². The molecule has 2 amide bonds. The molecule has 4 rings (SSSR count). The van der Waals surface area contributed by atoms with Crippen molar-refractivity contribution in [3.63, 3.8) is 0 Å². The molecule has 3 heterocycles. The predicted octanol–water partition coefficient (Wildman–Crippen LogP) is 1.49. The molecule has 0 bridgehead atoms. The van der Waals surface area contributed by atoms with Gasteiger partial charge in [0.05, 0.1) is 35.2 Å². The van der Waals surface area contributed by atoms with E-state index < -0.39 is 11.5 Å². The van der Waals surface area contributed by atoms with Crippen molar-refractivity contribution in [2.24, 2.45) is 0 Å². The van der Waals surface area contributed by atoms with Crippen molar-refractivity contribution < 1.29 is 19.1 Å². The highest BCUT2D eigenvalue weighted by atomic mass is 32.2. The first-order valence-corrected chi connectivity index (χ1v) is 10.2. The quantitative estimate of drug-likeness (QED) is 0.355. The number of esters is 1. The van der Waals surface area contributed by atoms with Crippen LogP contribution >= 0.6 is 11.8 Å². The van der Waals surface area contributed by atoms with Gasteiger partial charge >= 0.3 is 5.97 Å². The fraction of sp³-hybridized carbons (Fsp3) is 0.200. The highest BCUT2D eigenvalue weighted by Gasteiger charge is 2.27. The maximum Gasteiger partial charge on any atom is 0.338 e. The summed E-state index contributed by atoms with van der Waals surface area (Å²) in [7, 11) is 1.22. The third kappa shape index (κ3) is 3.99. The molecule has 1 aliphatic heterocycles. The number of para-hydroxylation sites is 2. The molecule has 2 aromatic heterocycles. The van der Waals surface area contributed by atoms with Crippen molar-refractivity contribution in [1.82, 2.24) is 15.0 Å². The fourth-order valence-corrected chi connectivity index (χ4v) is 3.98. The maximum absolute atomic E-state index is 12.8. The van der Waals surface area contributed by atoms with E-state index in [1.54, 1.807) is 31.2 Å². The van der Waals surface area contributed by atoms with Crippen LogP contribution in [-0.2, 0) is 14.3 Å². The molecule has 0 fully saturated rings. The number of methoxy groups -OCH3 is 1. The first kappa shape index (κ1) is 20.5. The Morgan fingerprint density at radius 3 is 2.77 bits per heavy atom. The van der Waals surface area contributed by atoms with Gasteiger partial charge in [-0.05, 0) is 25.1 Å². The van der Waals surface area contributed by atoms with Crippen LogP contribution in [0.5, 0.6) is 0 Å². The van der Waals surface area contributed by atoms with Crippen molar-refractivity contribution in [3.8, 4) is 0 Å². The summed E-state index contributed by atoms with van der Waals surface area (Å²) in [5.74, 6) is -1.33. The fourth-order valence-electron chi connectivity index (χ4n) is 3.25. The summed E-state index contributed by atoms with van der Waals surface area (Å²) in [6, 6.07) is 8.46. The highest BCUT2D eigenvalue weighted by molar-refractivity contribution is 7.99. The number of hydrogen-bond acceptors (Lipinski definition) is 8. The number of hydrogen-bond donors (Lipinski definition) is 2. The molecular weight excluding hydrogens is 422 g/mol. The minimum absolute atomic E-state index is 0.0229. The maximum atomic E-state index is 12.8. The third-order valence-corrected chi connectivity index (χ3v) is 5.45. The van der Waals surface area contributed by atoms with Gasteiger partial charge in [0.15, 0.2) is 10.8 Å². The molecule has 3 aromatic rings. The second-order valence-electron chi connectivity index (χ2n) is 6.71. The molecule has 0 saturated heterocycles. The van der Waals surface area contributed by atoms with Crippen molar-refractivity contribution >= 4 is 52.0 Å². The third-order valence-electron chi connectivity index (χ3n) is 4.59. The number of aryl methyl sites for hydroxylation is 1. The van der Waals surface area contributed by atoms with Crippen LogP contribution in [0.2, 0.25) is 0 Å². The number of thioether (sulfide) groups is 1. The van der Waals surface area contributed by atoms with Crippen molar-refractivity contribution in [3.05, 3.63) is 51.9 Å². The zero-order chi connectivity index (χ0) is 22.1. The molecule has 1 aliphatic rings. The number of carbonyl (C=O) groups excluding carboxylic acids is 3. The topological polar surface area (TPSA) is 134 Å². The van der Waals surface area contributed by atoms with Crippen LogP contribution in [0.3, 0.4) is 0 Å². The number of fused-ring (bicyclic) bond motifs is 2. The molecule has 1 aromatic carbocycles. The number of H-pyrrole nitrogens is 1. The number of rotatable bonds is 4. The Hall–Kier alpha value is -3.73. The average molecular weight is 439 g/mol. The SMILES string of the molecule is COC(=O)c1cc(C)nc2nc(SCC(=O)N3CC(=O)Nc4ccccc43)[nH]c(=O)c12. The molecule has 31 heavy (non-hydrogen) atoms. The summed E-state index contributed by atoms with van der Waals surface area (Å²) in [4.78, 5) is 61.8. The largest absolute Gasteiger partial charge is 0.465 e. The van der Waals surface area contributed by atoms with Gasteiger partial charge in [0.1, 0.15) is 6.54 Å². The highest BCUT2D eigenvalue weighted by Crippen LogP contribution is 2.29. The summed E-state index contributed by atoms with van der Waals surface area (Å²) in [5.41, 5.74) is 1.26. The van der Waals surface area contributed by atoms with E-state index in [0.29, 0.717) is 17.1 Å². The Bertz CT molecular complexity index is 1290. The van der Waals surface area contributed by atoms with Gasteiger partial charge in [0.25, 0.3) is 5.56 Å². The number of aromatic nitrogens is 3. The number of pyridine rings is 1. The molecule has 10 nitrogen and oxygen atoms in total. The van der Waals surface area contributed by atoms with Gasteiger partial charge < -0.3 is 19.9 Å². The monoisotopic (exact) mass is 439 g/mol. The number of nitrogens with zero attached hydrogens (tertiary/aromatic N) is 3. The number of amides is 2. The summed E-state index contributed by atoms with van der Waals surface area (Å²) < 4.78 is 4.73. The van der Waals surface area contributed by atoms with Crippen LogP contribution in [0.15, 0.2) is 40.3 Å². The van der Waals surface area contributed by atoms with E-state index in [-0.39, 0.29) is 45.9 Å². The van der Waals surface area contributed by atoms with Gasteiger partial charge in [-0.3, -0.25) is 14.4 Å². The lowest BCUT2D eigenvalue weighted by atomic mass is 10.1. The first-order chi connectivity index (χ1) is 14.9. The lowest BCUT2D eigenvalue weighted by Crippen LogP contribution is -2.43. The van der Waals surface area contributed by atoms with Crippen LogP contribution in [0.1, 0.15) is 16.1 Å². The van der Waals surface area contributed by atoms with Gasteiger partial charge in [-0.15, -0.1) is 0 Å². The zero-order valence-electron chi connectivity index (χ0n) is 16.6. The van der Waals surface area contributed by atoms with Crippen molar-refractivity contribution in [2.75, 3.05) is 29.6 Å².